The summed E-state index contributed by atoms with van der Waals surface area (Å²) in [5.41, 5.74) is 0.679. The first-order chi connectivity index (χ1) is 16.9. The molecule has 0 bridgehead atoms. The maximum atomic E-state index is 13.7. The highest BCUT2D eigenvalue weighted by Gasteiger charge is 2.65. The summed E-state index contributed by atoms with van der Waals surface area (Å²) in [6.45, 7) is 11.1. The summed E-state index contributed by atoms with van der Waals surface area (Å²) in [6, 6.07) is 6.44. The van der Waals surface area contributed by atoms with Gasteiger partial charge in [-0.3, -0.25) is 9.05 Å². The van der Waals surface area contributed by atoms with Crippen LogP contribution in [0.25, 0.3) is 0 Å². The molecule has 3 fully saturated rings. The molecule has 2 saturated heterocycles. The van der Waals surface area contributed by atoms with Crippen molar-refractivity contribution in [3.63, 3.8) is 0 Å². The minimum Gasteiger partial charge on any atom is -0.404 e. The highest BCUT2D eigenvalue weighted by molar-refractivity contribution is 7.48. The minimum absolute atomic E-state index is 0.127. The number of ether oxygens (including phenoxy) is 6. The van der Waals surface area contributed by atoms with Gasteiger partial charge in [-0.2, -0.15) is 0 Å². The number of fused-ring (bicyclic) bond motifs is 2. The van der Waals surface area contributed by atoms with Crippen LogP contribution in [0.5, 0.6) is 5.75 Å². The first-order valence-electron chi connectivity index (χ1n) is 12.1. The SMILES string of the molecule is CCOC(C)O[C@@H]1[C@H]2OC(C)(C)O[C@H]2[C@@H](OP(=O)(OC)Oc2ccc(CO)cc2)[C@@H]2OC(C)(C)O[C@@H]12. The average molecular weight is 533 g/mol. The maximum Gasteiger partial charge on any atom is 0.530 e. The van der Waals surface area contributed by atoms with Crippen LogP contribution in [0.3, 0.4) is 0 Å². The van der Waals surface area contributed by atoms with Gasteiger partial charge in [0.1, 0.15) is 42.4 Å². The van der Waals surface area contributed by atoms with E-state index in [0.717, 1.165) is 0 Å². The normalized spacial score (nSPS) is 35.0. The second kappa shape index (κ2) is 10.6. The fourth-order valence-corrected chi connectivity index (χ4v) is 5.95. The van der Waals surface area contributed by atoms with Gasteiger partial charge in [-0.25, -0.2) is 4.57 Å². The van der Waals surface area contributed by atoms with Gasteiger partial charge in [0, 0.05) is 13.7 Å². The van der Waals surface area contributed by atoms with Crippen LogP contribution in [0.15, 0.2) is 24.3 Å². The molecule has 0 amide bonds. The molecule has 2 unspecified atom stereocenters. The molecule has 1 aromatic rings. The molecule has 1 aromatic carbocycles. The Morgan fingerprint density at radius 1 is 0.944 bits per heavy atom. The zero-order valence-corrected chi connectivity index (χ0v) is 22.6. The number of phosphoric acid groups is 1. The quantitative estimate of drug-likeness (QED) is 0.352. The van der Waals surface area contributed by atoms with Crippen molar-refractivity contribution in [1.29, 1.82) is 0 Å². The van der Waals surface area contributed by atoms with E-state index in [0.29, 0.717) is 12.2 Å². The molecule has 12 heteroatoms. The van der Waals surface area contributed by atoms with Crippen LogP contribution in [-0.4, -0.2) is 73.3 Å². The molecule has 3 aliphatic rings. The van der Waals surface area contributed by atoms with E-state index in [1.54, 1.807) is 58.9 Å². The van der Waals surface area contributed by atoms with Crippen LogP contribution < -0.4 is 4.52 Å². The van der Waals surface area contributed by atoms with Crippen molar-refractivity contribution in [3.05, 3.63) is 29.8 Å². The van der Waals surface area contributed by atoms with Gasteiger partial charge >= 0.3 is 7.82 Å². The van der Waals surface area contributed by atoms with Gasteiger partial charge in [0.25, 0.3) is 0 Å². The van der Waals surface area contributed by atoms with Crippen molar-refractivity contribution in [1.82, 2.24) is 0 Å². The lowest BCUT2D eigenvalue weighted by atomic mass is 9.85. The first-order valence-corrected chi connectivity index (χ1v) is 13.6. The van der Waals surface area contributed by atoms with E-state index in [2.05, 4.69) is 0 Å². The topological polar surface area (TPSA) is 120 Å². The Morgan fingerprint density at radius 2 is 1.44 bits per heavy atom. The molecular formula is C24H37O11P. The van der Waals surface area contributed by atoms with Crippen molar-refractivity contribution < 1.29 is 51.7 Å². The van der Waals surface area contributed by atoms with Gasteiger partial charge < -0.3 is 38.1 Å². The monoisotopic (exact) mass is 532 g/mol. The molecule has 0 radical (unpaired) electrons. The lowest BCUT2D eigenvalue weighted by Gasteiger charge is -2.43. The second-order valence-corrected chi connectivity index (χ2v) is 11.5. The smallest absolute Gasteiger partial charge is 0.404 e. The average Bonchev–Trinajstić information content (AvgIpc) is 3.31. The molecule has 1 aliphatic carbocycles. The molecule has 2 aliphatic heterocycles. The van der Waals surface area contributed by atoms with Gasteiger partial charge in [-0.15, -0.1) is 0 Å². The number of hydrogen-bond acceptors (Lipinski definition) is 11. The third-order valence-electron chi connectivity index (χ3n) is 6.17. The van der Waals surface area contributed by atoms with E-state index in [1.165, 1.54) is 7.11 Å². The number of aliphatic hydroxyl groups is 1. The molecule has 1 saturated carbocycles. The van der Waals surface area contributed by atoms with Crippen molar-refractivity contribution in [3.8, 4) is 5.75 Å². The Kier molecular flexibility index (Phi) is 8.20. The van der Waals surface area contributed by atoms with E-state index in [-0.39, 0.29) is 12.4 Å². The van der Waals surface area contributed by atoms with E-state index < -0.39 is 62.3 Å². The summed E-state index contributed by atoms with van der Waals surface area (Å²) in [4.78, 5) is 0. The van der Waals surface area contributed by atoms with Crippen LogP contribution >= 0.6 is 7.82 Å². The van der Waals surface area contributed by atoms with Crippen LogP contribution in [0, 0.1) is 0 Å². The Hall–Kier alpha value is -1.11. The molecule has 4 rings (SSSR count). The number of aliphatic hydroxyl groups excluding tert-OH is 1. The Bertz CT molecular complexity index is 904. The minimum atomic E-state index is -4.15. The summed E-state index contributed by atoms with van der Waals surface area (Å²) in [6.07, 6.45) is -4.83. The Balaban J connectivity index is 1.64. The summed E-state index contributed by atoms with van der Waals surface area (Å²) in [5.74, 6) is -1.69. The van der Waals surface area contributed by atoms with Crippen molar-refractivity contribution >= 4 is 7.82 Å². The summed E-state index contributed by atoms with van der Waals surface area (Å²) in [7, 11) is -2.92. The molecule has 8 atom stereocenters. The summed E-state index contributed by atoms with van der Waals surface area (Å²) >= 11 is 0. The number of rotatable bonds is 10. The van der Waals surface area contributed by atoms with Crippen LogP contribution in [0.1, 0.15) is 47.1 Å². The van der Waals surface area contributed by atoms with E-state index in [9.17, 15) is 9.67 Å². The van der Waals surface area contributed by atoms with E-state index in [4.69, 9.17) is 42.0 Å². The highest BCUT2D eigenvalue weighted by atomic mass is 31.2. The molecular weight excluding hydrogens is 495 g/mol. The fourth-order valence-electron chi connectivity index (χ4n) is 4.83. The van der Waals surface area contributed by atoms with Gasteiger partial charge in [0.15, 0.2) is 17.9 Å². The number of hydrogen-bond donors (Lipinski definition) is 1. The zero-order chi connectivity index (χ0) is 26.3. The molecule has 0 spiro atoms. The van der Waals surface area contributed by atoms with Crippen molar-refractivity contribution in [2.24, 2.45) is 0 Å². The van der Waals surface area contributed by atoms with Gasteiger partial charge in [0.2, 0.25) is 0 Å². The second-order valence-electron chi connectivity index (χ2n) is 9.85. The van der Waals surface area contributed by atoms with Crippen molar-refractivity contribution in [2.75, 3.05) is 13.7 Å². The lowest BCUT2D eigenvalue weighted by molar-refractivity contribution is -0.239. The summed E-state index contributed by atoms with van der Waals surface area (Å²) < 4.78 is 67.4. The van der Waals surface area contributed by atoms with Crippen LogP contribution in [-0.2, 0) is 48.6 Å². The van der Waals surface area contributed by atoms with Gasteiger partial charge in [-0.1, -0.05) is 12.1 Å². The zero-order valence-electron chi connectivity index (χ0n) is 21.7. The van der Waals surface area contributed by atoms with Gasteiger partial charge in [-0.05, 0) is 59.2 Å². The Labute approximate surface area is 211 Å². The fraction of sp³-hybridized carbons (Fsp3) is 0.750. The highest BCUT2D eigenvalue weighted by Crippen LogP contribution is 2.55. The number of benzene rings is 1. The third-order valence-corrected chi connectivity index (χ3v) is 7.55. The van der Waals surface area contributed by atoms with Crippen LogP contribution in [0.2, 0.25) is 0 Å². The maximum absolute atomic E-state index is 13.7. The van der Waals surface area contributed by atoms with Crippen molar-refractivity contribution in [2.45, 2.75) is 103 Å². The Morgan fingerprint density at radius 3 is 1.89 bits per heavy atom. The molecule has 11 nitrogen and oxygen atoms in total. The molecule has 204 valence electrons. The number of phosphoric ester groups is 1. The largest absolute Gasteiger partial charge is 0.530 e. The third kappa shape index (κ3) is 5.96. The van der Waals surface area contributed by atoms with E-state index in [1.807, 2.05) is 6.92 Å². The lowest BCUT2D eigenvalue weighted by Crippen LogP contribution is -2.63. The standard InChI is InChI=1S/C24H37O11P/c1-8-28-14(2)29-17-18-20(32-23(3,4)30-18)22(21-19(17)31-24(5,6)33-21)35-36(26,27-7)34-16-11-9-15(13-25)10-12-16/h9-12,14,17-22,25H,8,13H2,1-7H3/t14?,17-,18-,19+,20-,21-,22-,36?/m1/s1. The predicted octanol–water partition coefficient (Wildman–Crippen LogP) is 3.52. The summed E-state index contributed by atoms with van der Waals surface area (Å²) in [5, 5.41) is 9.27. The molecule has 1 N–H and O–H groups in total. The van der Waals surface area contributed by atoms with E-state index >= 15 is 0 Å². The van der Waals surface area contributed by atoms with Crippen LogP contribution in [0.4, 0.5) is 0 Å². The molecule has 36 heavy (non-hydrogen) atoms. The van der Waals surface area contributed by atoms with Gasteiger partial charge in [0.05, 0.1) is 6.61 Å². The predicted molar refractivity (Wildman–Crippen MR) is 126 cm³/mol. The molecule has 0 aromatic heterocycles. The molecule has 2 heterocycles. The first kappa shape index (κ1) is 27.9.